The largest absolute Gasteiger partial charge is 0.481 e. The fourth-order valence-corrected chi connectivity index (χ4v) is 2.72. The molecule has 0 aliphatic heterocycles. The molecule has 0 radical (unpaired) electrons. The molecule has 1 N–H and O–H groups in total. The number of unbranched alkanes of at least 4 members (excludes halogenated alkanes) is 9. The molecule has 120 valence electrons. The van der Waals surface area contributed by atoms with Crippen LogP contribution < -0.4 is 0 Å². The van der Waals surface area contributed by atoms with Crippen LogP contribution in [0.4, 0.5) is 0 Å². The molecule has 0 heterocycles. The lowest BCUT2D eigenvalue weighted by molar-refractivity contribution is -0.137. The summed E-state index contributed by atoms with van der Waals surface area (Å²) < 4.78 is 0. The molecule has 0 aromatic carbocycles. The van der Waals surface area contributed by atoms with Gasteiger partial charge < -0.3 is 5.11 Å². The van der Waals surface area contributed by atoms with Crippen LogP contribution in [-0.4, -0.2) is 11.1 Å². The first kappa shape index (κ1) is 19.5. The summed E-state index contributed by atoms with van der Waals surface area (Å²) in [5.41, 5.74) is 0. The fourth-order valence-electron chi connectivity index (χ4n) is 2.72. The van der Waals surface area contributed by atoms with Gasteiger partial charge in [-0.15, -0.1) is 0 Å². The molecule has 0 saturated carbocycles. The highest BCUT2D eigenvalue weighted by atomic mass is 16.4. The molecule has 0 fully saturated rings. The molecule has 0 bridgehead atoms. The van der Waals surface area contributed by atoms with E-state index in [0.29, 0.717) is 6.42 Å². The second-order valence-electron chi connectivity index (χ2n) is 6.36. The van der Waals surface area contributed by atoms with Gasteiger partial charge in [0.2, 0.25) is 0 Å². The van der Waals surface area contributed by atoms with Crippen molar-refractivity contribution in [1.29, 1.82) is 0 Å². The Balaban J connectivity index is 3.16. The summed E-state index contributed by atoms with van der Waals surface area (Å²) in [6, 6.07) is 0. The van der Waals surface area contributed by atoms with Crippen molar-refractivity contribution < 1.29 is 9.90 Å². The molecule has 1 atom stereocenters. The molecular formula is C18H36O2. The first-order valence-electron chi connectivity index (χ1n) is 8.88. The monoisotopic (exact) mass is 284 g/mol. The van der Waals surface area contributed by atoms with Crippen LogP contribution in [0.25, 0.3) is 0 Å². The topological polar surface area (TPSA) is 37.3 Å². The second-order valence-corrected chi connectivity index (χ2v) is 6.36. The third-order valence-corrected chi connectivity index (χ3v) is 4.14. The summed E-state index contributed by atoms with van der Waals surface area (Å²) in [5.74, 6) is 0.220. The van der Waals surface area contributed by atoms with Crippen LogP contribution in [0.1, 0.15) is 104 Å². The number of rotatable bonds is 15. The van der Waals surface area contributed by atoms with Crippen molar-refractivity contribution in [2.24, 2.45) is 5.92 Å². The van der Waals surface area contributed by atoms with Gasteiger partial charge >= 0.3 is 5.97 Å². The molecule has 0 aliphatic carbocycles. The van der Waals surface area contributed by atoms with Crippen molar-refractivity contribution in [2.45, 2.75) is 104 Å². The second kappa shape index (κ2) is 14.9. The van der Waals surface area contributed by atoms with E-state index >= 15 is 0 Å². The average Bonchev–Trinajstić information content (AvgIpc) is 2.41. The predicted octanol–water partition coefficient (Wildman–Crippen LogP) is 6.19. The number of hydrogen-bond acceptors (Lipinski definition) is 1. The van der Waals surface area contributed by atoms with Crippen LogP contribution in [0.15, 0.2) is 0 Å². The summed E-state index contributed by atoms with van der Waals surface area (Å²) in [4.78, 5) is 10.4. The van der Waals surface area contributed by atoms with Gasteiger partial charge in [-0.3, -0.25) is 4.79 Å². The summed E-state index contributed by atoms with van der Waals surface area (Å²) in [6.07, 6.45) is 17.2. The van der Waals surface area contributed by atoms with Gasteiger partial charge in [0.1, 0.15) is 0 Å². The van der Waals surface area contributed by atoms with Gasteiger partial charge in [0.05, 0.1) is 0 Å². The number of carbonyl (C=O) groups is 1. The highest BCUT2D eigenvalue weighted by Crippen LogP contribution is 2.18. The molecule has 0 rings (SSSR count). The Hall–Kier alpha value is -0.530. The molecule has 2 heteroatoms. The summed E-state index contributed by atoms with van der Waals surface area (Å²) >= 11 is 0. The number of carboxylic acid groups (broad SMARTS) is 1. The molecule has 2 nitrogen and oxygen atoms in total. The molecule has 1 unspecified atom stereocenters. The Bertz CT molecular complexity index is 213. The van der Waals surface area contributed by atoms with E-state index in [1.807, 2.05) is 0 Å². The molecule has 0 aromatic heterocycles. The lowest BCUT2D eigenvalue weighted by Gasteiger charge is -2.10. The van der Waals surface area contributed by atoms with Crippen molar-refractivity contribution in [3.8, 4) is 0 Å². The van der Waals surface area contributed by atoms with Gasteiger partial charge in [-0.25, -0.2) is 0 Å². The van der Waals surface area contributed by atoms with E-state index < -0.39 is 5.97 Å². The molecule has 0 spiro atoms. The maximum atomic E-state index is 10.4. The van der Waals surface area contributed by atoms with Crippen molar-refractivity contribution in [1.82, 2.24) is 0 Å². The van der Waals surface area contributed by atoms with Gasteiger partial charge in [-0.2, -0.15) is 0 Å². The van der Waals surface area contributed by atoms with E-state index in [4.69, 9.17) is 5.11 Å². The number of aliphatic carboxylic acids is 1. The maximum absolute atomic E-state index is 10.4. The summed E-state index contributed by atoms with van der Waals surface area (Å²) in [5, 5.41) is 8.54. The Kier molecular flexibility index (Phi) is 14.5. The van der Waals surface area contributed by atoms with Crippen LogP contribution in [0.3, 0.4) is 0 Å². The van der Waals surface area contributed by atoms with Crippen LogP contribution >= 0.6 is 0 Å². The Morgan fingerprint density at radius 2 is 1.25 bits per heavy atom. The molecule has 0 amide bonds. The Labute approximate surface area is 126 Å². The Morgan fingerprint density at radius 1 is 0.800 bits per heavy atom. The minimum Gasteiger partial charge on any atom is -0.481 e. The van der Waals surface area contributed by atoms with E-state index in [1.165, 1.54) is 70.6 Å². The van der Waals surface area contributed by atoms with E-state index in [0.717, 1.165) is 18.8 Å². The Morgan fingerprint density at radius 3 is 1.75 bits per heavy atom. The lowest BCUT2D eigenvalue weighted by atomic mass is 9.96. The average molecular weight is 284 g/mol. The molecule has 20 heavy (non-hydrogen) atoms. The quantitative estimate of drug-likeness (QED) is 0.364. The standard InChI is InChI=1S/C18H36O2/c1-3-4-5-6-8-11-14-17(2)15-12-9-7-10-13-16-18(19)20/h17H,3-16H2,1-2H3,(H,19,20). The summed E-state index contributed by atoms with van der Waals surface area (Å²) in [6.45, 7) is 4.65. The van der Waals surface area contributed by atoms with E-state index in [1.54, 1.807) is 0 Å². The van der Waals surface area contributed by atoms with Gasteiger partial charge in [0, 0.05) is 6.42 Å². The molecule has 0 aromatic rings. The van der Waals surface area contributed by atoms with Crippen molar-refractivity contribution >= 4 is 5.97 Å². The zero-order chi connectivity index (χ0) is 15.1. The highest BCUT2D eigenvalue weighted by Gasteiger charge is 2.02. The van der Waals surface area contributed by atoms with Crippen LogP contribution in [-0.2, 0) is 4.79 Å². The van der Waals surface area contributed by atoms with Crippen LogP contribution in [0.5, 0.6) is 0 Å². The first-order valence-corrected chi connectivity index (χ1v) is 8.88. The van der Waals surface area contributed by atoms with E-state index in [9.17, 15) is 4.79 Å². The van der Waals surface area contributed by atoms with Crippen LogP contribution in [0.2, 0.25) is 0 Å². The highest BCUT2D eigenvalue weighted by molar-refractivity contribution is 5.66. The van der Waals surface area contributed by atoms with Gasteiger partial charge in [0.15, 0.2) is 0 Å². The number of hydrogen-bond donors (Lipinski definition) is 1. The molecule has 0 aliphatic rings. The third kappa shape index (κ3) is 15.5. The normalized spacial score (nSPS) is 12.5. The predicted molar refractivity (Wildman–Crippen MR) is 87.1 cm³/mol. The zero-order valence-corrected chi connectivity index (χ0v) is 13.8. The number of carboxylic acids is 1. The zero-order valence-electron chi connectivity index (χ0n) is 13.8. The van der Waals surface area contributed by atoms with Crippen molar-refractivity contribution in [2.75, 3.05) is 0 Å². The maximum Gasteiger partial charge on any atom is 0.303 e. The van der Waals surface area contributed by atoms with Gasteiger partial charge in [-0.05, 0) is 12.3 Å². The van der Waals surface area contributed by atoms with Crippen LogP contribution in [0, 0.1) is 5.92 Å². The molecule has 0 saturated heterocycles. The third-order valence-electron chi connectivity index (χ3n) is 4.14. The van der Waals surface area contributed by atoms with Crippen molar-refractivity contribution in [3.05, 3.63) is 0 Å². The van der Waals surface area contributed by atoms with Gasteiger partial charge in [-0.1, -0.05) is 90.9 Å². The molecular weight excluding hydrogens is 248 g/mol. The summed E-state index contributed by atoms with van der Waals surface area (Å²) in [7, 11) is 0. The van der Waals surface area contributed by atoms with Crippen molar-refractivity contribution in [3.63, 3.8) is 0 Å². The first-order chi connectivity index (χ1) is 9.66. The fraction of sp³-hybridized carbons (Fsp3) is 0.944. The SMILES string of the molecule is CCCCCCCCC(C)CCCCCCCC(=O)O. The smallest absolute Gasteiger partial charge is 0.303 e. The lowest BCUT2D eigenvalue weighted by Crippen LogP contribution is -1.96. The minimum atomic E-state index is -0.655. The van der Waals surface area contributed by atoms with E-state index in [-0.39, 0.29) is 0 Å². The van der Waals surface area contributed by atoms with E-state index in [2.05, 4.69) is 13.8 Å². The minimum absolute atomic E-state index is 0.342. The van der Waals surface area contributed by atoms with Gasteiger partial charge in [0.25, 0.3) is 0 Å².